The molecule has 2 saturated heterocycles. The Balaban J connectivity index is 1.74. The maximum atomic E-state index is 14.1. The standard InChI is InChI=1S/C18H15F3N2O2S/c19-18(20,21)17(13-7-4-8-26-13)14-12(9-22-17)15(24)23(16(14)25)10-11-5-2-1-3-6-11/h1-8,12,14,22H,9-10H2/t12-,14+,17+/m1/s1. The van der Waals surface area contributed by atoms with Crippen molar-refractivity contribution in [1.29, 1.82) is 0 Å². The summed E-state index contributed by atoms with van der Waals surface area (Å²) >= 11 is 0.939. The first-order chi connectivity index (χ1) is 12.4. The van der Waals surface area contributed by atoms with Gasteiger partial charge in [-0.05, 0) is 17.0 Å². The number of imide groups is 1. The minimum atomic E-state index is -4.70. The average molecular weight is 380 g/mol. The molecule has 4 rings (SSSR count). The van der Waals surface area contributed by atoms with Crippen molar-refractivity contribution in [3.8, 4) is 0 Å². The Bertz CT molecular complexity index is 838. The van der Waals surface area contributed by atoms with E-state index in [-0.39, 0.29) is 18.0 Å². The van der Waals surface area contributed by atoms with Crippen LogP contribution in [0.3, 0.4) is 0 Å². The van der Waals surface area contributed by atoms with E-state index in [4.69, 9.17) is 0 Å². The highest BCUT2D eigenvalue weighted by Crippen LogP contribution is 2.54. The molecule has 3 atom stereocenters. The number of hydrogen-bond donors (Lipinski definition) is 1. The molecule has 0 aliphatic carbocycles. The molecule has 0 spiro atoms. The predicted molar refractivity (Wildman–Crippen MR) is 89.0 cm³/mol. The average Bonchev–Trinajstić information content (AvgIpc) is 3.30. The molecule has 3 heterocycles. The Morgan fingerprint density at radius 2 is 1.85 bits per heavy atom. The molecule has 2 aromatic rings. The van der Waals surface area contributed by atoms with Crippen molar-refractivity contribution < 1.29 is 22.8 Å². The van der Waals surface area contributed by atoms with Gasteiger partial charge in [-0.15, -0.1) is 11.3 Å². The number of thiophene rings is 1. The minimum absolute atomic E-state index is 0.0100. The van der Waals surface area contributed by atoms with Gasteiger partial charge in [0.25, 0.3) is 0 Å². The molecule has 1 N–H and O–H groups in total. The van der Waals surface area contributed by atoms with E-state index >= 15 is 0 Å². The molecule has 1 aromatic heterocycles. The van der Waals surface area contributed by atoms with Crippen molar-refractivity contribution in [2.45, 2.75) is 18.3 Å². The van der Waals surface area contributed by atoms with Gasteiger partial charge < -0.3 is 0 Å². The highest BCUT2D eigenvalue weighted by molar-refractivity contribution is 7.10. The second-order valence-corrected chi connectivity index (χ2v) is 7.44. The summed E-state index contributed by atoms with van der Waals surface area (Å²) in [5.74, 6) is -3.79. The van der Waals surface area contributed by atoms with E-state index in [0.29, 0.717) is 5.56 Å². The van der Waals surface area contributed by atoms with Gasteiger partial charge in [0.2, 0.25) is 11.8 Å². The smallest absolute Gasteiger partial charge is 0.298 e. The number of nitrogens with zero attached hydrogens (tertiary/aromatic N) is 1. The normalized spacial score (nSPS) is 28.7. The van der Waals surface area contributed by atoms with Crippen molar-refractivity contribution in [1.82, 2.24) is 10.2 Å². The number of amides is 2. The molecule has 136 valence electrons. The number of nitrogens with one attached hydrogen (secondary N) is 1. The molecule has 26 heavy (non-hydrogen) atoms. The SMILES string of the molecule is O=C1[C@@H]2[C@@H](CN[C@]2(c2cccs2)C(F)(F)F)C(=O)N1Cc1ccccc1. The monoisotopic (exact) mass is 380 g/mol. The van der Waals surface area contributed by atoms with Gasteiger partial charge in [-0.1, -0.05) is 36.4 Å². The number of likely N-dealkylation sites (tertiary alicyclic amines) is 1. The van der Waals surface area contributed by atoms with Crippen LogP contribution in [0.5, 0.6) is 0 Å². The third kappa shape index (κ3) is 2.32. The van der Waals surface area contributed by atoms with Crippen LogP contribution >= 0.6 is 11.3 Å². The van der Waals surface area contributed by atoms with Gasteiger partial charge in [-0.3, -0.25) is 19.8 Å². The Hall–Kier alpha value is -2.19. The minimum Gasteiger partial charge on any atom is -0.298 e. The molecule has 0 saturated carbocycles. The molecule has 2 aliphatic rings. The first kappa shape index (κ1) is 17.2. The lowest BCUT2D eigenvalue weighted by Gasteiger charge is -2.35. The van der Waals surface area contributed by atoms with E-state index in [0.717, 1.165) is 16.2 Å². The summed E-state index contributed by atoms with van der Waals surface area (Å²) in [4.78, 5) is 26.6. The van der Waals surface area contributed by atoms with Crippen molar-refractivity contribution in [3.63, 3.8) is 0 Å². The van der Waals surface area contributed by atoms with Crippen LogP contribution in [-0.4, -0.2) is 29.4 Å². The summed E-state index contributed by atoms with van der Waals surface area (Å²) in [6.07, 6.45) is -4.70. The third-order valence-electron chi connectivity index (χ3n) is 5.13. The zero-order valence-electron chi connectivity index (χ0n) is 13.5. The van der Waals surface area contributed by atoms with Crippen LogP contribution in [0.2, 0.25) is 0 Å². The highest BCUT2D eigenvalue weighted by Gasteiger charge is 2.72. The largest absolute Gasteiger partial charge is 0.412 e. The predicted octanol–water partition coefficient (Wildman–Crippen LogP) is 2.91. The topological polar surface area (TPSA) is 49.4 Å². The zero-order valence-corrected chi connectivity index (χ0v) is 14.3. The van der Waals surface area contributed by atoms with E-state index in [1.165, 1.54) is 12.1 Å². The molecule has 0 radical (unpaired) electrons. The Kier molecular flexibility index (Phi) is 3.92. The third-order valence-corrected chi connectivity index (χ3v) is 6.13. The fraction of sp³-hybridized carbons (Fsp3) is 0.333. The molecule has 2 fully saturated rings. The van der Waals surface area contributed by atoms with Crippen molar-refractivity contribution in [3.05, 3.63) is 58.3 Å². The lowest BCUT2D eigenvalue weighted by molar-refractivity contribution is -0.209. The van der Waals surface area contributed by atoms with Gasteiger partial charge in [0.15, 0.2) is 5.54 Å². The van der Waals surface area contributed by atoms with Crippen LogP contribution in [0.4, 0.5) is 13.2 Å². The van der Waals surface area contributed by atoms with Crippen LogP contribution in [0.25, 0.3) is 0 Å². The lowest BCUT2D eigenvalue weighted by Crippen LogP contribution is -2.56. The van der Waals surface area contributed by atoms with Gasteiger partial charge in [0.05, 0.1) is 18.4 Å². The molecule has 2 aliphatic heterocycles. The molecule has 0 bridgehead atoms. The Morgan fingerprint density at radius 3 is 2.46 bits per heavy atom. The first-order valence-corrected chi connectivity index (χ1v) is 8.99. The number of benzene rings is 1. The second-order valence-electron chi connectivity index (χ2n) is 6.50. The van der Waals surface area contributed by atoms with Crippen LogP contribution in [0.15, 0.2) is 47.8 Å². The number of rotatable bonds is 3. The van der Waals surface area contributed by atoms with Gasteiger partial charge in [-0.2, -0.15) is 13.2 Å². The quantitative estimate of drug-likeness (QED) is 0.833. The van der Waals surface area contributed by atoms with Gasteiger partial charge >= 0.3 is 6.18 Å². The van der Waals surface area contributed by atoms with E-state index in [2.05, 4.69) is 5.32 Å². The number of carbonyl (C=O) groups excluding carboxylic acids is 2. The molecular weight excluding hydrogens is 365 g/mol. The Morgan fingerprint density at radius 1 is 1.12 bits per heavy atom. The fourth-order valence-electron chi connectivity index (χ4n) is 3.95. The fourth-order valence-corrected chi connectivity index (χ4v) is 4.91. The second kappa shape index (κ2) is 5.92. The van der Waals surface area contributed by atoms with Crippen molar-refractivity contribution in [2.75, 3.05) is 6.54 Å². The lowest BCUT2D eigenvalue weighted by atomic mass is 9.79. The van der Waals surface area contributed by atoms with Crippen LogP contribution in [-0.2, 0) is 21.7 Å². The number of carbonyl (C=O) groups is 2. The summed E-state index contributed by atoms with van der Waals surface area (Å²) in [6.45, 7) is -0.179. The molecular formula is C18H15F3N2O2S. The summed E-state index contributed by atoms with van der Waals surface area (Å²) in [5, 5.41) is 4.02. The first-order valence-electron chi connectivity index (χ1n) is 8.11. The molecule has 8 heteroatoms. The number of fused-ring (bicyclic) bond motifs is 1. The van der Waals surface area contributed by atoms with Crippen molar-refractivity contribution >= 4 is 23.2 Å². The molecule has 4 nitrogen and oxygen atoms in total. The number of halogens is 3. The van der Waals surface area contributed by atoms with E-state index in [1.807, 2.05) is 0 Å². The van der Waals surface area contributed by atoms with Crippen LogP contribution in [0, 0.1) is 11.8 Å². The summed E-state index contributed by atoms with van der Waals surface area (Å²) in [6, 6.07) is 11.7. The van der Waals surface area contributed by atoms with E-state index in [9.17, 15) is 22.8 Å². The Labute approximate surface area is 151 Å². The van der Waals surface area contributed by atoms with Gasteiger partial charge in [0.1, 0.15) is 0 Å². The zero-order chi connectivity index (χ0) is 18.5. The highest BCUT2D eigenvalue weighted by atomic mass is 32.1. The molecule has 0 unspecified atom stereocenters. The van der Waals surface area contributed by atoms with Crippen LogP contribution in [0.1, 0.15) is 10.4 Å². The van der Waals surface area contributed by atoms with Gasteiger partial charge in [-0.25, -0.2) is 0 Å². The number of hydrogen-bond acceptors (Lipinski definition) is 4. The van der Waals surface area contributed by atoms with E-state index in [1.54, 1.807) is 35.7 Å². The summed E-state index contributed by atoms with van der Waals surface area (Å²) in [7, 11) is 0. The van der Waals surface area contributed by atoms with E-state index < -0.39 is 35.4 Å². The summed E-state index contributed by atoms with van der Waals surface area (Å²) in [5.41, 5.74) is -1.81. The maximum absolute atomic E-state index is 14.1. The molecule has 2 amide bonds. The number of alkyl halides is 3. The van der Waals surface area contributed by atoms with Crippen LogP contribution < -0.4 is 5.32 Å². The van der Waals surface area contributed by atoms with Gasteiger partial charge in [0, 0.05) is 11.4 Å². The summed E-state index contributed by atoms with van der Waals surface area (Å²) < 4.78 is 42.4. The maximum Gasteiger partial charge on any atom is 0.412 e. The van der Waals surface area contributed by atoms with Crippen molar-refractivity contribution in [2.24, 2.45) is 11.8 Å². The molecule has 1 aromatic carbocycles.